The minimum absolute atomic E-state index is 0.0940. The van der Waals surface area contributed by atoms with E-state index in [4.69, 9.17) is 4.74 Å². The number of anilines is 1. The molecule has 2 aromatic rings. The topological polar surface area (TPSA) is 102 Å². The first-order valence-corrected chi connectivity index (χ1v) is 8.56. The van der Waals surface area contributed by atoms with E-state index in [1.54, 1.807) is 29.2 Å². The van der Waals surface area contributed by atoms with Gasteiger partial charge in [0.2, 0.25) is 5.91 Å². The standard InChI is InChI=1S/C19H19N3O5/c1-2-27-17-8-6-15(7-9-17)21-12-14(11-18(21)23)20-19(24)13-4-3-5-16(10-13)22(25)26/h3-10,14H,2,11-12H2,1H3,(H,20,24). The maximum atomic E-state index is 12.4. The first-order valence-electron chi connectivity index (χ1n) is 8.56. The predicted octanol–water partition coefficient (Wildman–Crippen LogP) is 2.53. The molecule has 2 amide bonds. The van der Waals surface area contributed by atoms with E-state index in [0.29, 0.717) is 13.2 Å². The maximum Gasteiger partial charge on any atom is 0.270 e. The Bertz CT molecular complexity index is 866. The number of benzene rings is 2. The minimum atomic E-state index is -0.552. The van der Waals surface area contributed by atoms with Crippen LogP contribution in [-0.2, 0) is 4.79 Å². The number of ether oxygens (including phenoxy) is 1. The highest BCUT2D eigenvalue weighted by Crippen LogP contribution is 2.24. The van der Waals surface area contributed by atoms with Crippen molar-refractivity contribution in [1.82, 2.24) is 5.32 Å². The lowest BCUT2D eigenvalue weighted by Gasteiger charge is -2.17. The van der Waals surface area contributed by atoms with Gasteiger partial charge in [-0.25, -0.2) is 0 Å². The third-order valence-corrected chi connectivity index (χ3v) is 4.24. The van der Waals surface area contributed by atoms with Gasteiger partial charge in [0.15, 0.2) is 0 Å². The van der Waals surface area contributed by atoms with E-state index in [0.717, 1.165) is 11.4 Å². The van der Waals surface area contributed by atoms with Crippen LogP contribution in [-0.4, -0.2) is 35.9 Å². The molecule has 1 N–H and O–H groups in total. The van der Waals surface area contributed by atoms with Crippen molar-refractivity contribution in [1.29, 1.82) is 0 Å². The molecule has 1 saturated heterocycles. The fourth-order valence-electron chi connectivity index (χ4n) is 2.97. The summed E-state index contributed by atoms with van der Waals surface area (Å²) in [7, 11) is 0. The first kappa shape index (κ1) is 18.4. The Balaban J connectivity index is 1.66. The van der Waals surface area contributed by atoms with Gasteiger partial charge in [0.05, 0.1) is 17.6 Å². The summed E-state index contributed by atoms with van der Waals surface area (Å²) >= 11 is 0. The van der Waals surface area contributed by atoms with E-state index < -0.39 is 10.8 Å². The molecule has 1 unspecified atom stereocenters. The van der Waals surface area contributed by atoms with Crippen molar-refractivity contribution in [2.75, 3.05) is 18.1 Å². The smallest absolute Gasteiger partial charge is 0.270 e. The van der Waals surface area contributed by atoms with Crippen LogP contribution in [0.25, 0.3) is 0 Å². The summed E-state index contributed by atoms with van der Waals surface area (Å²) in [5, 5.41) is 13.6. The van der Waals surface area contributed by atoms with E-state index in [2.05, 4.69) is 5.32 Å². The molecule has 1 heterocycles. The molecule has 0 aromatic heterocycles. The average Bonchev–Trinajstić information content (AvgIpc) is 3.03. The number of non-ortho nitro benzene ring substituents is 1. The molecule has 1 fully saturated rings. The van der Waals surface area contributed by atoms with Crippen molar-refractivity contribution >= 4 is 23.2 Å². The Labute approximate surface area is 155 Å². The summed E-state index contributed by atoms with van der Waals surface area (Å²) in [5.74, 6) is 0.192. The molecule has 0 bridgehead atoms. The third kappa shape index (κ3) is 4.22. The number of carbonyl (C=O) groups excluding carboxylic acids is 2. The molecule has 0 radical (unpaired) electrons. The van der Waals surface area contributed by atoms with Crippen molar-refractivity contribution in [3.63, 3.8) is 0 Å². The van der Waals surface area contributed by atoms with E-state index in [1.807, 2.05) is 6.92 Å². The number of carbonyl (C=O) groups is 2. The highest BCUT2D eigenvalue weighted by molar-refractivity contribution is 5.99. The highest BCUT2D eigenvalue weighted by atomic mass is 16.6. The zero-order valence-corrected chi connectivity index (χ0v) is 14.8. The van der Waals surface area contributed by atoms with Crippen molar-refractivity contribution in [3.8, 4) is 5.75 Å². The lowest BCUT2D eigenvalue weighted by Crippen LogP contribution is -2.37. The van der Waals surface area contributed by atoms with Crippen LogP contribution in [0.3, 0.4) is 0 Å². The van der Waals surface area contributed by atoms with Crippen LogP contribution in [0.4, 0.5) is 11.4 Å². The van der Waals surface area contributed by atoms with Gasteiger partial charge in [0, 0.05) is 36.3 Å². The number of hydrogen-bond acceptors (Lipinski definition) is 5. The SMILES string of the molecule is CCOc1ccc(N2CC(NC(=O)c3cccc([N+](=O)[O-])c3)CC2=O)cc1. The Kier molecular flexibility index (Phi) is 5.35. The highest BCUT2D eigenvalue weighted by Gasteiger charge is 2.32. The number of hydrogen-bond donors (Lipinski definition) is 1. The molecule has 1 aliphatic heterocycles. The number of nitro groups is 1. The Morgan fingerprint density at radius 3 is 2.70 bits per heavy atom. The predicted molar refractivity (Wildman–Crippen MR) is 98.9 cm³/mol. The van der Waals surface area contributed by atoms with Crippen LogP contribution in [0.15, 0.2) is 48.5 Å². The lowest BCUT2D eigenvalue weighted by atomic mass is 10.1. The van der Waals surface area contributed by atoms with Crippen molar-refractivity contribution in [2.24, 2.45) is 0 Å². The number of nitrogens with one attached hydrogen (secondary N) is 1. The number of nitro benzene ring substituents is 1. The lowest BCUT2D eigenvalue weighted by molar-refractivity contribution is -0.384. The number of rotatable bonds is 6. The van der Waals surface area contributed by atoms with Crippen LogP contribution in [0.5, 0.6) is 5.75 Å². The molecule has 8 heteroatoms. The molecule has 140 valence electrons. The van der Waals surface area contributed by atoms with Gasteiger partial charge in [-0.2, -0.15) is 0 Å². The maximum absolute atomic E-state index is 12.4. The monoisotopic (exact) mass is 369 g/mol. The van der Waals surface area contributed by atoms with Gasteiger partial charge in [0.25, 0.3) is 11.6 Å². The Hall–Kier alpha value is -3.42. The van der Waals surface area contributed by atoms with Crippen molar-refractivity contribution in [2.45, 2.75) is 19.4 Å². The second-order valence-electron chi connectivity index (χ2n) is 6.11. The second-order valence-corrected chi connectivity index (χ2v) is 6.11. The Morgan fingerprint density at radius 2 is 2.04 bits per heavy atom. The van der Waals surface area contributed by atoms with Crippen LogP contribution in [0.2, 0.25) is 0 Å². The minimum Gasteiger partial charge on any atom is -0.494 e. The summed E-state index contributed by atoms with van der Waals surface area (Å²) in [6.07, 6.45) is 0.174. The fourth-order valence-corrected chi connectivity index (χ4v) is 2.97. The van der Waals surface area contributed by atoms with Crippen LogP contribution in [0, 0.1) is 10.1 Å². The van der Waals surface area contributed by atoms with Gasteiger partial charge in [0.1, 0.15) is 5.75 Å². The van der Waals surface area contributed by atoms with Gasteiger partial charge in [-0.15, -0.1) is 0 Å². The van der Waals surface area contributed by atoms with Gasteiger partial charge in [-0.3, -0.25) is 19.7 Å². The first-order chi connectivity index (χ1) is 13.0. The largest absolute Gasteiger partial charge is 0.494 e. The second kappa shape index (κ2) is 7.86. The molecule has 2 aromatic carbocycles. The van der Waals surface area contributed by atoms with E-state index in [-0.39, 0.29) is 29.6 Å². The van der Waals surface area contributed by atoms with Crippen LogP contribution >= 0.6 is 0 Å². The van der Waals surface area contributed by atoms with Crippen LogP contribution in [0.1, 0.15) is 23.7 Å². The average molecular weight is 369 g/mol. The van der Waals surface area contributed by atoms with Gasteiger partial charge in [-0.1, -0.05) is 6.07 Å². The van der Waals surface area contributed by atoms with E-state index in [1.165, 1.54) is 24.3 Å². The van der Waals surface area contributed by atoms with Crippen molar-refractivity contribution < 1.29 is 19.2 Å². The molecule has 1 aliphatic rings. The molecule has 1 atom stereocenters. The summed E-state index contributed by atoms with van der Waals surface area (Å²) in [6.45, 7) is 2.80. The molecule has 8 nitrogen and oxygen atoms in total. The van der Waals surface area contributed by atoms with Crippen LogP contribution < -0.4 is 15.0 Å². The molecular formula is C19H19N3O5. The molecule has 0 saturated carbocycles. The van der Waals surface area contributed by atoms with E-state index in [9.17, 15) is 19.7 Å². The van der Waals surface area contributed by atoms with Crippen molar-refractivity contribution in [3.05, 3.63) is 64.2 Å². The number of amides is 2. The fraction of sp³-hybridized carbons (Fsp3) is 0.263. The molecule has 0 spiro atoms. The quantitative estimate of drug-likeness (QED) is 0.623. The summed E-state index contributed by atoms with van der Waals surface area (Å²) in [4.78, 5) is 36.6. The van der Waals surface area contributed by atoms with E-state index >= 15 is 0 Å². The molecule has 3 rings (SSSR count). The van der Waals surface area contributed by atoms with Gasteiger partial charge >= 0.3 is 0 Å². The Morgan fingerprint density at radius 1 is 1.30 bits per heavy atom. The summed E-state index contributed by atoms with van der Waals surface area (Å²) in [6, 6.07) is 12.3. The summed E-state index contributed by atoms with van der Waals surface area (Å²) < 4.78 is 5.39. The number of nitrogens with zero attached hydrogens (tertiary/aromatic N) is 2. The zero-order chi connectivity index (χ0) is 19.4. The van der Waals surface area contributed by atoms with Gasteiger partial charge in [-0.05, 0) is 37.3 Å². The zero-order valence-electron chi connectivity index (χ0n) is 14.8. The third-order valence-electron chi connectivity index (χ3n) is 4.24. The molecule has 27 heavy (non-hydrogen) atoms. The summed E-state index contributed by atoms with van der Waals surface area (Å²) in [5.41, 5.74) is 0.771. The van der Waals surface area contributed by atoms with Gasteiger partial charge < -0.3 is 15.0 Å². The molecule has 0 aliphatic carbocycles. The normalized spacial score (nSPS) is 16.3. The molecular weight excluding hydrogens is 350 g/mol.